The van der Waals surface area contributed by atoms with Gasteiger partial charge in [0, 0.05) is 37.8 Å². The van der Waals surface area contributed by atoms with Gasteiger partial charge >= 0.3 is 0 Å². The van der Waals surface area contributed by atoms with Gasteiger partial charge in [0.25, 0.3) is 0 Å². The standard InChI is InChI=1S/C22H25N3O4/c1-15(26)24-18-7-9-19(10-8-18)25-14-17(13-21(25)27)22(28)23-12-11-16-5-3-4-6-20(16)29-2/h3-10,17H,11-14H2,1-2H3,(H,23,28)(H,24,26). The van der Waals surface area contributed by atoms with Gasteiger partial charge in [-0.2, -0.15) is 0 Å². The van der Waals surface area contributed by atoms with E-state index in [0.29, 0.717) is 30.9 Å². The molecule has 1 fully saturated rings. The first-order valence-electron chi connectivity index (χ1n) is 9.55. The van der Waals surface area contributed by atoms with Crippen LogP contribution in [0.1, 0.15) is 18.9 Å². The maximum absolute atomic E-state index is 12.5. The lowest BCUT2D eigenvalue weighted by Gasteiger charge is -2.17. The maximum atomic E-state index is 12.5. The lowest BCUT2D eigenvalue weighted by atomic mass is 10.1. The number of carbonyl (C=O) groups excluding carboxylic acids is 3. The summed E-state index contributed by atoms with van der Waals surface area (Å²) in [5.74, 6) is 0.0643. The van der Waals surface area contributed by atoms with Crippen molar-refractivity contribution in [2.75, 3.05) is 30.4 Å². The Balaban J connectivity index is 1.54. The largest absolute Gasteiger partial charge is 0.496 e. The number of para-hydroxylation sites is 1. The van der Waals surface area contributed by atoms with Crippen LogP contribution in [0.4, 0.5) is 11.4 Å². The number of ether oxygens (including phenoxy) is 1. The number of amides is 3. The van der Waals surface area contributed by atoms with E-state index in [1.54, 1.807) is 36.3 Å². The molecule has 1 atom stereocenters. The molecule has 0 aromatic heterocycles. The molecule has 0 aliphatic carbocycles. The van der Waals surface area contributed by atoms with Gasteiger partial charge in [0.1, 0.15) is 5.75 Å². The molecule has 2 N–H and O–H groups in total. The predicted octanol–water partition coefficient (Wildman–Crippen LogP) is 2.37. The van der Waals surface area contributed by atoms with Crippen LogP contribution in [0.5, 0.6) is 5.75 Å². The molecule has 1 unspecified atom stereocenters. The van der Waals surface area contributed by atoms with Crippen LogP contribution in [0.3, 0.4) is 0 Å². The normalized spacial score (nSPS) is 15.9. The van der Waals surface area contributed by atoms with Gasteiger partial charge < -0.3 is 20.3 Å². The molecule has 0 radical (unpaired) electrons. The van der Waals surface area contributed by atoms with E-state index < -0.39 is 0 Å². The Labute approximate surface area is 170 Å². The van der Waals surface area contributed by atoms with Crippen LogP contribution in [0.15, 0.2) is 48.5 Å². The number of methoxy groups -OCH3 is 1. The van der Waals surface area contributed by atoms with Crippen LogP contribution in [-0.2, 0) is 20.8 Å². The highest BCUT2D eigenvalue weighted by Crippen LogP contribution is 2.26. The molecule has 152 valence electrons. The molecule has 0 bridgehead atoms. The number of benzene rings is 2. The summed E-state index contributed by atoms with van der Waals surface area (Å²) >= 11 is 0. The molecule has 2 aromatic rings. The molecular formula is C22H25N3O4. The van der Waals surface area contributed by atoms with E-state index in [9.17, 15) is 14.4 Å². The molecule has 3 amide bonds. The minimum atomic E-state index is -0.379. The molecule has 1 aliphatic rings. The minimum absolute atomic E-state index is 0.0813. The highest BCUT2D eigenvalue weighted by Gasteiger charge is 2.34. The Morgan fingerprint density at radius 3 is 2.55 bits per heavy atom. The molecule has 2 aromatic carbocycles. The van der Waals surface area contributed by atoms with Crippen LogP contribution >= 0.6 is 0 Å². The Morgan fingerprint density at radius 2 is 1.86 bits per heavy atom. The van der Waals surface area contributed by atoms with Crippen LogP contribution in [-0.4, -0.2) is 37.9 Å². The molecule has 0 spiro atoms. The lowest BCUT2D eigenvalue weighted by molar-refractivity contribution is -0.126. The predicted molar refractivity (Wildman–Crippen MR) is 111 cm³/mol. The van der Waals surface area contributed by atoms with Crippen molar-refractivity contribution in [3.63, 3.8) is 0 Å². The monoisotopic (exact) mass is 395 g/mol. The SMILES string of the molecule is COc1ccccc1CCNC(=O)C1CC(=O)N(c2ccc(NC(C)=O)cc2)C1. The number of nitrogens with one attached hydrogen (secondary N) is 2. The zero-order valence-electron chi connectivity index (χ0n) is 16.6. The van der Waals surface area contributed by atoms with Crippen molar-refractivity contribution in [1.29, 1.82) is 0 Å². The van der Waals surface area contributed by atoms with Crippen molar-refractivity contribution < 1.29 is 19.1 Å². The number of carbonyl (C=O) groups is 3. The summed E-state index contributed by atoms with van der Waals surface area (Å²) in [5.41, 5.74) is 2.41. The van der Waals surface area contributed by atoms with E-state index in [0.717, 1.165) is 11.3 Å². The Morgan fingerprint density at radius 1 is 1.14 bits per heavy atom. The van der Waals surface area contributed by atoms with Gasteiger partial charge in [-0.25, -0.2) is 0 Å². The Kier molecular flexibility index (Phi) is 6.49. The van der Waals surface area contributed by atoms with E-state index in [2.05, 4.69) is 10.6 Å². The smallest absolute Gasteiger partial charge is 0.227 e. The summed E-state index contributed by atoms with van der Waals surface area (Å²) < 4.78 is 5.32. The van der Waals surface area contributed by atoms with E-state index in [4.69, 9.17) is 4.74 Å². The molecular weight excluding hydrogens is 370 g/mol. The second kappa shape index (κ2) is 9.23. The highest BCUT2D eigenvalue weighted by atomic mass is 16.5. The number of rotatable bonds is 7. The summed E-state index contributed by atoms with van der Waals surface area (Å²) in [6.07, 6.45) is 0.846. The first-order chi connectivity index (χ1) is 14.0. The zero-order chi connectivity index (χ0) is 20.8. The average Bonchev–Trinajstić information content (AvgIpc) is 3.10. The van der Waals surface area contributed by atoms with E-state index in [-0.39, 0.29) is 30.1 Å². The van der Waals surface area contributed by atoms with Gasteiger partial charge in [0.15, 0.2) is 0 Å². The number of nitrogens with zero attached hydrogens (tertiary/aromatic N) is 1. The van der Waals surface area contributed by atoms with Gasteiger partial charge in [0.05, 0.1) is 13.0 Å². The van der Waals surface area contributed by atoms with Crippen molar-refractivity contribution in [3.05, 3.63) is 54.1 Å². The Hall–Kier alpha value is -3.35. The summed E-state index contributed by atoms with van der Waals surface area (Å²) in [6, 6.07) is 14.7. The second-order valence-electron chi connectivity index (χ2n) is 6.99. The van der Waals surface area contributed by atoms with E-state index in [1.807, 2.05) is 24.3 Å². The van der Waals surface area contributed by atoms with Gasteiger partial charge in [-0.15, -0.1) is 0 Å². The van der Waals surface area contributed by atoms with Gasteiger partial charge in [0.2, 0.25) is 17.7 Å². The average molecular weight is 395 g/mol. The van der Waals surface area contributed by atoms with Crippen molar-refractivity contribution in [2.24, 2.45) is 5.92 Å². The Bertz CT molecular complexity index is 895. The fourth-order valence-corrected chi connectivity index (χ4v) is 3.43. The molecule has 1 saturated heterocycles. The second-order valence-corrected chi connectivity index (χ2v) is 6.99. The van der Waals surface area contributed by atoms with Gasteiger partial charge in [-0.1, -0.05) is 18.2 Å². The van der Waals surface area contributed by atoms with Crippen molar-refractivity contribution >= 4 is 29.1 Å². The van der Waals surface area contributed by atoms with E-state index >= 15 is 0 Å². The van der Waals surface area contributed by atoms with Gasteiger partial charge in [-0.05, 0) is 42.3 Å². The minimum Gasteiger partial charge on any atom is -0.496 e. The van der Waals surface area contributed by atoms with E-state index in [1.165, 1.54) is 6.92 Å². The highest BCUT2D eigenvalue weighted by molar-refractivity contribution is 6.00. The molecule has 3 rings (SSSR count). The number of hydrogen-bond acceptors (Lipinski definition) is 4. The first kappa shape index (κ1) is 20.4. The fraction of sp³-hybridized carbons (Fsp3) is 0.318. The fourth-order valence-electron chi connectivity index (χ4n) is 3.43. The summed E-state index contributed by atoms with van der Waals surface area (Å²) in [7, 11) is 1.62. The van der Waals surface area contributed by atoms with Gasteiger partial charge in [-0.3, -0.25) is 14.4 Å². The summed E-state index contributed by atoms with van der Waals surface area (Å²) in [6.45, 7) is 2.27. The number of anilines is 2. The quantitative estimate of drug-likeness (QED) is 0.753. The zero-order valence-corrected chi connectivity index (χ0v) is 16.6. The van der Waals surface area contributed by atoms with Crippen LogP contribution in [0.25, 0.3) is 0 Å². The maximum Gasteiger partial charge on any atom is 0.227 e. The summed E-state index contributed by atoms with van der Waals surface area (Å²) in [5, 5.41) is 5.62. The molecule has 1 heterocycles. The third-order valence-electron chi connectivity index (χ3n) is 4.88. The molecule has 29 heavy (non-hydrogen) atoms. The van der Waals surface area contributed by atoms with Crippen molar-refractivity contribution in [3.8, 4) is 5.75 Å². The summed E-state index contributed by atoms with van der Waals surface area (Å²) in [4.78, 5) is 37.6. The molecule has 7 heteroatoms. The van der Waals surface area contributed by atoms with Crippen molar-refractivity contribution in [2.45, 2.75) is 19.8 Å². The lowest BCUT2D eigenvalue weighted by Crippen LogP contribution is -2.34. The van der Waals surface area contributed by atoms with Crippen LogP contribution in [0, 0.1) is 5.92 Å². The molecule has 1 aliphatic heterocycles. The third-order valence-corrected chi connectivity index (χ3v) is 4.88. The van der Waals surface area contributed by atoms with Crippen LogP contribution in [0.2, 0.25) is 0 Å². The third kappa shape index (κ3) is 5.13. The van der Waals surface area contributed by atoms with Crippen molar-refractivity contribution in [1.82, 2.24) is 5.32 Å². The number of hydrogen-bond donors (Lipinski definition) is 2. The molecule has 7 nitrogen and oxygen atoms in total. The van der Waals surface area contributed by atoms with Crippen LogP contribution < -0.4 is 20.3 Å². The first-order valence-corrected chi connectivity index (χ1v) is 9.55. The topological polar surface area (TPSA) is 87.7 Å². The molecule has 0 saturated carbocycles.